The van der Waals surface area contributed by atoms with E-state index in [9.17, 15) is 13.6 Å². The predicted molar refractivity (Wildman–Crippen MR) is 132 cm³/mol. The number of aromatic amines is 1. The van der Waals surface area contributed by atoms with Crippen molar-refractivity contribution in [2.24, 2.45) is 7.05 Å². The minimum absolute atomic E-state index is 0.0869. The Labute approximate surface area is 201 Å². The molecule has 0 amide bonds. The maximum absolute atomic E-state index is 14.1. The lowest BCUT2D eigenvalue weighted by Gasteiger charge is -2.18. The minimum Gasteiger partial charge on any atom is -0.360 e. The molecule has 35 heavy (non-hydrogen) atoms. The van der Waals surface area contributed by atoms with Crippen LogP contribution in [0.15, 0.2) is 85.3 Å². The average Bonchev–Trinajstić information content (AvgIpc) is 3.49. The third-order valence-electron chi connectivity index (χ3n) is 6.14. The third kappa shape index (κ3) is 4.76. The molecule has 5 rings (SSSR count). The molecule has 5 aromatic rings. The number of nitrogens with zero attached hydrogens (tertiary/aromatic N) is 2. The molecule has 0 aliphatic carbocycles. The van der Waals surface area contributed by atoms with Gasteiger partial charge < -0.3 is 10.3 Å². The maximum Gasteiger partial charge on any atom is 0.186 e. The Hall–Kier alpha value is -4.10. The number of benzene rings is 3. The molecular formula is C28H24F2N4O. The molecule has 2 N–H and O–H groups in total. The van der Waals surface area contributed by atoms with Crippen molar-refractivity contribution in [1.82, 2.24) is 20.1 Å². The number of Topliss-reactive ketones (excluding diaryl/α,β-unsaturated/α-hetero) is 1. The zero-order chi connectivity index (χ0) is 24.4. The minimum atomic E-state index is -0.614. The van der Waals surface area contributed by atoms with E-state index >= 15 is 0 Å². The van der Waals surface area contributed by atoms with Crippen LogP contribution in [0.25, 0.3) is 22.0 Å². The molecule has 1 atom stereocenters. The van der Waals surface area contributed by atoms with Crippen molar-refractivity contribution < 1.29 is 13.6 Å². The Bertz CT molecular complexity index is 1490. The van der Waals surface area contributed by atoms with E-state index in [1.165, 1.54) is 12.1 Å². The second-order valence-corrected chi connectivity index (χ2v) is 8.51. The zero-order valence-electron chi connectivity index (χ0n) is 19.1. The lowest BCUT2D eigenvalue weighted by molar-refractivity contribution is 0.0945. The number of halogens is 2. The highest BCUT2D eigenvalue weighted by molar-refractivity contribution is 6.11. The largest absolute Gasteiger partial charge is 0.360 e. The van der Waals surface area contributed by atoms with Gasteiger partial charge in [-0.15, -0.1) is 0 Å². The molecule has 0 spiro atoms. The maximum atomic E-state index is 14.1. The number of hydrogen-bond donors (Lipinski definition) is 2. The molecule has 0 saturated heterocycles. The summed E-state index contributed by atoms with van der Waals surface area (Å²) in [4.78, 5) is 16.9. The first kappa shape index (κ1) is 22.7. The number of carbonyl (C=O) groups excluding carboxylic acids is 1. The zero-order valence-corrected chi connectivity index (χ0v) is 19.1. The first-order valence-electron chi connectivity index (χ1n) is 11.4. The third-order valence-corrected chi connectivity index (χ3v) is 6.14. The van der Waals surface area contributed by atoms with Gasteiger partial charge >= 0.3 is 0 Å². The Kier molecular flexibility index (Phi) is 6.25. The van der Waals surface area contributed by atoms with E-state index in [1.54, 1.807) is 17.1 Å². The van der Waals surface area contributed by atoms with Crippen molar-refractivity contribution in [3.05, 3.63) is 114 Å². The van der Waals surface area contributed by atoms with Gasteiger partial charge in [-0.05, 0) is 35.2 Å². The van der Waals surface area contributed by atoms with E-state index in [0.29, 0.717) is 24.1 Å². The second-order valence-electron chi connectivity index (χ2n) is 8.51. The van der Waals surface area contributed by atoms with Gasteiger partial charge in [0.25, 0.3) is 0 Å². The molecule has 3 aromatic carbocycles. The summed E-state index contributed by atoms with van der Waals surface area (Å²) in [6.45, 7) is 0.349. The van der Waals surface area contributed by atoms with Gasteiger partial charge in [-0.3, -0.25) is 9.48 Å². The van der Waals surface area contributed by atoms with Crippen LogP contribution in [0.4, 0.5) is 8.78 Å². The fraction of sp³-hybridized carbons (Fsp3) is 0.143. The molecule has 0 saturated carbocycles. The first-order valence-corrected chi connectivity index (χ1v) is 11.4. The number of hydrogen-bond acceptors (Lipinski definition) is 3. The van der Waals surface area contributed by atoms with Crippen LogP contribution in [0.3, 0.4) is 0 Å². The topological polar surface area (TPSA) is 62.7 Å². The van der Waals surface area contributed by atoms with Crippen LogP contribution in [-0.2, 0) is 13.5 Å². The molecule has 2 heterocycles. The van der Waals surface area contributed by atoms with E-state index in [1.807, 2.05) is 61.8 Å². The van der Waals surface area contributed by atoms with Gasteiger partial charge in [0.2, 0.25) is 0 Å². The number of fused-ring (bicyclic) bond motifs is 1. The summed E-state index contributed by atoms with van der Waals surface area (Å²) >= 11 is 0. The average molecular weight is 471 g/mol. The Balaban J connectivity index is 1.41. The van der Waals surface area contributed by atoms with Crippen LogP contribution in [0.1, 0.15) is 27.5 Å². The number of rotatable bonds is 8. The molecule has 0 fully saturated rings. The lowest BCUT2D eigenvalue weighted by atomic mass is 9.96. The molecule has 0 aliphatic rings. The fourth-order valence-electron chi connectivity index (χ4n) is 4.32. The van der Waals surface area contributed by atoms with Gasteiger partial charge in [0.05, 0.1) is 12.2 Å². The van der Waals surface area contributed by atoms with Gasteiger partial charge in [0, 0.05) is 54.1 Å². The molecule has 0 radical (unpaired) electrons. The Morgan fingerprint density at radius 1 is 1.06 bits per heavy atom. The number of nitrogens with one attached hydrogen (secondary N) is 2. The highest BCUT2D eigenvalue weighted by atomic mass is 19.1. The van der Waals surface area contributed by atoms with Crippen molar-refractivity contribution in [2.75, 3.05) is 6.54 Å². The van der Waals surface area contributed by atoms with Gasteiger partial charge in [0.15, 0.2) is 5.78 Å². The number of carbonyl (C=O) groups is 1. The summed E-state index contributed by atoms with van der Waals surface area (Å²) in [5, 5.41) is 8.34. The van der Waals surface area contributed by atoms with E-state index in [-0.39, 0.29) is 5.78 Å². The molecule has 2 aromatic heterocycles. The summed E-state index contributed by atoms with van der Waals surface area (Å²) in [5.41, 5.74) is 4.65. The lowest BCUT2D eigenvalue weighted by Crippen LogP contribution is -2.30. The quantitative estimate of drug-likeness (QED) is 0.290. The predicted octanol–water partition coefficient (Wildman–Crippen LogP) is 5.60. The van der Waals surface area contributed by atoms with Crippen LogP contribution in [0.2, 0.25) is 0 Å². The Morgan fingerprint density at radius 2 is 1.89 bits per heavy atom. The van der Waals surface area contributed by atoms with Gasteiger partial charge in [-0.2, -0.15) is 5.10 Å². The van der Waals surface area contributed by atoms with Gasteiger partial charge in [-0.25, -0.2) is 8.78 Å². The molecule has 0 unspecified atom stereocenters. The van der Waals surface area contributed by atoms with E-state index < -0.39 is 17.7 Å². The second kappa shape index (κ2) is 9.64. The highest BCUT2D eigenvalue weighted by Gasteiger charge is 2.24. The highest BCUT2D eigenvalue weighted by Crippen LogP contribution is 2.29. The van der Waals surface area contributed by atoms with Crippen LogP contribution >= 0.6 is 0 Å². The van der Waals surface area contributed by atoms with Crippen molar-refractivity contribution in [3.63, 3.8) is 0 Å². The summed E-state index contributed by atoms with van der Waals surface area (Å²) in [6, 6.07) is 18.3. The molecular weight excluding hydrogens is 446 g/mol. The smallest absolute Gasteiger partial charge is 0.186 e. The standard InChI is InChI=1S/C28H24F2N4O/c1-34-17-21(15-33-34)20-8-10-23-24(16-32-26(23)13-20)28(35)27(19-5-3-2-4-6-19)31-12-11-18-7-9-22(29)14-25(18)30/h2-10,13-17,27,31-32H,11-12H2,1H3/t27-/m0/s1. The summed E-state index contributed by atoms with van der Waals surface area (Å²) in [7, 11) is 1.87. The van der Waals surface area contributed by atoms with Gasteiger partial charge in [0.1, 0.15) is 11.6 Å². The van der Waals surface area contributed by atoms with Crippen molar-refractivity contribution in [1.29, 1.82) is 0 Å². The van der Waals surface area contributed by atoms with Crippen molar-refractivity contribution >= 4 is 16.7 Å². The van der Waals surface area contributed by atoms with E-state index in [2.05, 4.69) is 15.4 Å². The van der Waals surface area contributed by atoms with Crippen molar-refractivity contribution in [3.8, 4) is 11.1 Å². The van der Waals surface area contributed by atoms with Crippen LogP contribution < -0.4 is 5.32 Å². The number of ketones is 1. The Morgan fingerprint density at radius 3 is 2.63 bits per heavy atom. The fourth-order valence-corrected chi connectivity index (χ4v) is 4.32. The molecule has 7 heteroatoms. The first-order chi connectivity index (χ1) is 17.0. The van der Waals surface area contributed by atoms with Crippen LogP contribution in [0, 0.1) is 11.6 Å². The van der Waals surface area contributed by atoms with Crippen LogP contribution in [0.5, 0.6) is 0 Å². The van der Waals surface area contributed by atoms with Crippen molar-refractivity contribution in [2.45, 2.75) is 12.5 Å². The summed E-state index contributed by atoms with van der Waals surface area (Å²) in [5.74, 6) is -1.28. The normalized spacial score (nSPS) is 12.2. The monoisotopic (exact) mass is 470 g/mol. The molecule has 0 bridgehead atoms. The molecule has 5 nitrogen and oxygen atoms in total. The SMILES string of the molecule is Cn1cc(-c2ccc3c(C(=O)[C@@H](NCCc4ccc(F)cc4F)c4ccccc4)c[nH]c3c2)cn1. The number of aryl methyl sites for hydroxylation is 1. The van der Waals surface area contributed by atoms with E-state index in [0.717, 1.165) is 33.7 Å². The number of aromatic nitrogens is 3. The summed E-state index contributed by atoms with van der Waals surface area (Å²) < 4.78 is 29.0. The van der Waals surface area contributed by atoms with E-state index in [4.69, 9.17) is 0 Å². The van der Waals surface area contributed by atoms with Gasteiger partial charge in [-0.1, -0.05) is 48.5 Å². The van der Waals surface area contributed by atoms with Crippen LogP contribution in [-0.4, -0.2) is 27.1 Å². The molecule has 176 valence electrons. The molecule has 0 aliphatic heterocycles. The summed E-state index contributed by atoms with van der Waals surface area (Å²) in [6.07, 6.45) is 5.80. The number of H-pyrrole nitrogens is 1.